The molecule has 1 aromatic heterocycles. The summed E-state index contributed by atoms with van der Waals surface area (Å²) in [5.74, 6) is -1.77. The van der Waals surface area contributed by atoms with Gasteiger partial charge in [0.25, 0.3) is 5.91 Å². The standard InChI is InChI=1S/C10H14N2O5S2/c1-6(10(14)15)11-9(13)8-4-7(5-18-8)19(16,17)12(2)3/h4-6H,1-3H3,(H,11,13)(H,14,15)/t6-/m0/s1. The van der Waals surface area contributed by atoms with Crippen LogP contribution in [0.4, 0.5) is 0 Å². The number of rotatable bonds is 5. The summed E-state index contributed by atoms with van der Waals surface area (Å²) in [4.78, 5) is 22.5. The van der Waals surface area contributed by atoms with Crippen LogP contribution in [0.1, 0.15) is 16.6 Å². The number of carbonyl (C=O) groups excluding carboxylic acids is 1. The summed E-state index contributed by atoms with van der Waals surface area (Å²) in [6.07, 6.45) is 0. The largest absolute Gasteiger partial charge is 0.480 e. The van der Waals surface area contributed by atoms with E-state index in [1.54, 1.807) is 0 Å². The number of carboxylic acid groups (broad SMARTS) is 1. The number of nitrogens with one attached hydrogen (secondary N) is 1. The summed E-state index contributed by atoms with van der Waals surface area (Å²) in [5.41, 5.74) is 0. The van der Waals surface area contributed by atoms with Gasteiger partial charge in [0, 0.05) is 19.5 Å². The van der Waals surface area contributed by atoms with Crippen molar-refractivity contribution in [3.8, 4) is 0 Å². The molecule has 19 heavy (non-hydrogen) atoms. The normalized spacial score (nSPS) is 13.3. The molecular formula is C10H14N2O5S2. The summed E-state index contributed by atoms with van der Waals surface area (Å²) in [6, 6.07) is 0.188. The van der Waals surface area contributed by atoms with Gasteiger partial charge in [0.1, 0.15) is 6.04 Å². The molecular weight excluding hydrogens is 292 g/mol. The summed E-state index contributed by atoms with van der Waals surface area (Å²) in [5, 5.41) is 12.3. The maximum absolute atomic E-state index is 11.8. The minimum atomic E-state index is -3.59. The van der Waals surface area contributed by atoms with E-state index >= 15 is 0 Å². The lowest BCUT2D eigenvalue weighted by atomic mass is 10.3. The Morgan fingerprint density at radius 3 is 2.47 bits per heavy atom. The highest BCUT2D eigenvalue weighted by atomic mass is 32.2. The molecule has 106 valence electrons. The predicted octanol–water partition coefficient (Wildman–Crippen LogP) is 0.201. The number of thiophene rings is 1. The monoisotopic (exact) mass is 306 g/mol. The summed E-state index contributed by atoms with van der Waals surface area (Å²) in [7, 11) is -0.811. The van der Waals surface area contributed by atoms with Crippen LogP contribution in [0.2, 0.25) is 0 Å². The first-order valence-corrected chi connectivity index (χ1v) is 7.53. The molecule has 0 aromatic carbocycles. The second-order valence-corrected chi connectivity index (χ2v) is 7.03. The quantitative estimate of drug-likeness (QED) is 0.809. The van der Waals surface area contributed by atoms with Gasteiger partial charge in [0.2, 0.25) is 10.0 Å². The number of sulfonamides is 1. The highest BCUT2D eigenvalue weighted by Gasteiger charge is 2.22. The van der Waals surface area contributed by atoms with E-state index < -0.39 is 27.9 Å². The van der Waals surface area contributed by atoms with Gasteiger partial charge >= 0.3 is 5.97 Å². The lowest BCUT2D eigenvalue weighted by molar-refractivity contribution is -0.138. The van der Waals surface area contributed by atoms with Crippen LogP contribution in [0.15, 0.2) is 16.3 Å². The van der Waals surface area contributed by atoms with Crippen molar-refractivity contribution in [3.63, 3.8) is 0 Å². The summed E-state index contributed by atoms with van der Waals surface area (Å²) in [6.45, 7) is 1.32. The lowest BCUT2D eigenvalue weighted by Gasteiger charge is -2.09. The summed E-state index contributed by atoms with van der Waals surface area (Å²) >= 11 is 0.945. The van der Waals surface area contributed by atoms with E-state index in [9.17, 15) is 18.0 Å². The van der Waals surface area contributed by atoms with E-state index in [4.69, 9.17) is 5.11 Å². The van der Waals surface area contributed by atoms with E-state index in [-0.39, 0.29) is 9.77 Å². The molecule has 0 aliphatic heterocycles. The van der Waals surface area contributed by atoms with Crippen LogP contribution in [-0.4, -0.2) is 49.8 Å². The van der Waals surface area contributed by atoms with Gasteiger partial charge in [-0.05, 0) is 13.0 Å². The molecule has 0 saturated heterocycles. The third-order valence-electron chi connectivity index (χ3n) is 2.30. The Morgan fingerprint density at radius 2 is 2.00 bits per heavy atom. The number of hydrogen-bond acceptors (Lipinski definition) is 5. The van der Waals surface area contributed by atoms with Crippen molar-refractivity contribution < 1.29 is 23.1 Å². The van der Waals surface area contributed by atoms with Gasteiger partial charge in [-0.2, -0.15) is 0 Å². The zero-order chi connectivity index (χ0) is 14.8. The molecule has 2 N–H and O–H groups in total. The minimum Gasteiger partial charge on any atom is -0.480 e. The van der Waals surface area contributed by atoms with Crippen molar-refractivity contribution in [1.29, 1.82) is 0 Å². The van der Waals surface area contributed by atoms with Crippen molar-refractivity contribution >= 4 is 33.2 Å². The Hall–Kier alpha value is -1.45. The van der Waals surface area contributed by atoms with Crippen LogP contribution in [0, 0.1) is 0 Å². The number of nitrogens with zero attached hydrogens (tertiary/aromatic N) is 1. The average Bonchev–Trinajstić information content (AvgIpc) is 2.78. The number of carboxylic acids is 1. The van der Waals surface area contributed by atoms with Crippen LogP contribution in [-0.2, 0) is 14.8 Å². The molecule has 0 bridgehead atoms. The highest BCUT2D eigenvalue weighted by Crippen LogP contribution is 2.21. The maximum atomic E-state index is 11.8. The Balaban J connectivity index is 2.92. The van der Waals surface area contributed by atoms with Crippen LogP contribution in [0.25, 0.3) is 0 Å². The average molecular weight is 306 g/mol. The van der Waals surface area contributed by atoms with E-state index in [1.807, 2.05) is 0 Å². The van der Waals surface area contributed by atoms with Gasteiger partial charge in [0.05, 0.1) is 9.77 Å². The first kappa shape index (κ1) is 15.6. The topological polar surface area (TPSA) is 104 Å². The molecule has 0 saturated carbocycles. The minimum absolute atomic E-state index is 0.00984. The zero-order valence-corrected chi connectivity index (χ0v) is 12.2. The molecule has 1 rings (SSSR count). The van der Waals surface area contributed by atoms with Crippen LogP contribution in [0.3, 0.4) is 0 Å². The smallest absolute Gasteiger partial charge is 0.325 e. The molecule has 1 amide bonds. The first-order valence-electron chi connectivity index (χ1n) is 5.21. The molecule has 0 radical (unpaired) electrons. The van der Waals surface area contributed by atoms with Crippen molar-refractivity contribution in [2.24, 2.45) is 0 Å². The van der Waals surface area contributed by atoms with E-state index in [2.05, 4.69) is 5.32 Å². The molecule has 0 spiro atoms. The molecule has 0 unspecified atom stereocenters. The van der Waals surface area contributed by atoms with E-state index in [0.29, 0.717) is 0 Å². The Bertz CT molecular complexity index is 591. The Kier molecular flexibility index (Phi) is 4.66. The second kappa shape index (κ2) is 5.68. The second-order valence-electron chi connectivity index (χ2n) is 3.97. The van der Waals surface area contributed by atoms with Crippen molar-refractivity contribution in [2.45, 2.75) is 17.9 Å². The van der Waals surface area contributed by atoms with Crippen LogP contribution < -0.4 is 5.32 Å². The van der Waals surface area contributed by atoms with Crippen molar-refractivity contribution in [3.05, 3.63) is 16.3 Å². The highest BCUT2D eigenvalue weighted by molar-refractivity contribution is 7.89. The lowest BCUT2D eigenvalue weighted by Crippen LogP contribution is -2.37. The molecule has 9 heteroatoms. The molecule has 0 aliphatic carbocycles. The molecule has 1 atom stereocenters. The fourth-order valence-corrected chi connectivity index (χ4v) is 3.18. The molecule has 1 heterocycles. The van der Waals surface area contributed by atoms with Crippen LogP contribution in [0.5, 0.6) is 0 Å². The maximum Gasteiger partial charge on any atom is 0.325 e. The number of carbonyl (C=O) groups is 2. The SMILES string of the molecule is C[C@H](NC(=O)c1cc(S(=O)(=O)N(C)C)cs1)C(=O)O. The number of hydrogen-bond donors (Lipinski definition) is 2. The molecule has 0 aliphatic rings. The molecule has 1 aromatic rings. The van der Waals surface area contributed by atoms with E-state index in [0.717, 1.165) is 15.6 Å². The van der Waals surface area contributed by atoms with Gasteiger partial charge in [-0.25, -0.2) is 12.7 Å². The van der Waals surface area contributed by atoms with Gasteiger partial charge in [0.15, 0.2) is 0 Å². The number of aliphatic carboxylic acids is 1. The van der Waals surface area contributed by atoms with Gasteiger partial charge in [-0.1, -0.05) is 0 Å². The van der Waals surface area contributed by atoms with Crippen molar-refractivity contribution in [1.82, 2.24) is 9.62 Å². The van der Waals surface area contributed by atoms with Crippen LogP contribution >= 0.6 is 11.3 Å². The molecule has 0 fully saturated rings. The third kappa shape index (κ3) is 3.52. The van der Waals surface area contributed by atoms with E-state index in [1.165, 1.54) is 32.5 Å². The van der Waals surface area contributed by atoms with Crippen molar-refractivity contribution in [2.75, 3.05) is 14.1 Å². The van der Waals surface area contributed by atoms with Gasteiger partial charge in [-0.3, -0.25) is 9.59 Å². The predicted molar refractivity (Wildman–Crippen MR) is 69.8 cm³/mol. The van der Waals surface area contributed by atoms with Gasteiger partial charge < -0.3 is 10.4 Å². The fraction of sp³-hybridized carbons (Fsp3) is 0.400. The Morgan fingerprint density at radius 1 is 1.42 bits per heavy atom. The zero-order valence-electron chi connectivity index (χ0n) is 10.6. The summed E-state index contributed by atoms with van der Waals surface area (Å²) < 4.78 is 24.6. The number of amides is 1. The fourth-order valence-electron chi connectivity index (χ4n) is 1.11. The first-order chi connectivity index (χ1) is 8.66. The van der Waals surface area contributed by atoms with Gasteiger partial charge in [-0.15, -0.1) is 11.3 Å². The molecule has 7 nitrogen and oxygen atoms in total. The Labute approximate surface area is 114 Å². The third-order valence-corrected chi connectivity index (χ3v) is 5.17.